The number of carbonyl (C=O) groups excluding carboxylic acids is 1. The summed E-state index contributed by atoms with van der Waals surface area (Å²) in [4.78, 5) is 11.3. The Morgan fingerprint density at radius 1 is 1.53 bits per heavy atom. The van der Waals surface area contributed by atoms with Crippen molar-refractivity contribution in [3.8, 4) is 0 Å². The minimum atomic E-state index is -2.46. The van der Waals surface area contributed by atoms with Crippen molar-refractivity contribution in [1.82, 2.24) is 5.32 Å². The lowest BCUT2D eigenvalue weighted by Gasteiger charge is -2.21. The number of hydrogen-bond acceptors (Lipinski definition) is 4. The van der Waals surface area contributed by atoms with Crippen molar-refractivity contribution >= 4 is 15.8 Å². The van der Waals surface area contributed by atoms with Crippen LogP contribution < -0.4 is 5.32 Å². The highest BCUT2D eigenvalue weighted by molar-refractivity contribution is 7.92. The number of rotatable bonds is 1. The second kappa shape index (κ2) is 4.00. The molecule has 0 aromatic heterocycles. The summed E-state index contributed by atoms with van der Waals surface area (Å²) in [6.45, 7) is 5.36. The van der Waals surface area contributed by atoms with Gasteiger partial charge in [0.25, 0.3) is 0 Å². The van der Waals surface area contributed by atoms with E-state index in [9.17, 15) is 9.00 Å². The molecular weight excluding hydrogens is 216 g/mol. The second-order valence-electron chi connectivity index (χ2n) is 4.81. The molecule has 0 saturated carbocycles. The molecule has 1 fully saturated rings. The molecule has 1 unspecified atom stereocenters. The lowest BCUT2D eigenvalue weighted by atomic mass is 10.2. The fraction of sp³-hybridized carbons (Fsp3) is 0.889. The van der Waals surface area contributed by atoms with Crippen LogP contribution in [0.15, 0.2) is 0 Å². The van der Waals surface area contributed by atoms with Gasteiger partial charge in [0.15, 0.2) is 0 Å². The molecule has 88 valence electrons. The second-order valence-corrected chi connectivity index (χ2v) is 7.18. The summed E-state index contributed by atoms with van der Waals surface area (Å²) >= 11 is 0. The van der Waals surface area contributed by atoms with Crippen molar-refractivity contribution in [2.45, 2.75) is 38.8 Å². The molecule has 0 aromatic carbocycles. The molecule has 0 aromatic rings. The molecule has 2 atom stereocenters. The molecule has 15 heavy (non-hydrogen) atoms. The van der Waals surface area contributed by atoms with Crippen molar-refractivity contribution in [3.05, 3.63) is 0 Å². The van der Waals surface area contributed by atoms with Crippen molar-refractivity contribution in [2.75, 3.05) is 11.5 Å². The number of amides is 1. The number of alkyl carbamates (subject to hydrolysis) is 1. The third-order valence-corrected chi connectivity index (χ3v) is 3.82. The van der Waals surface area contributed by atoms with E-state index in [0.29, 0.717) is 12.2 Å². The van der Waals surface area contributed by atoms with Crippen LogP contribution in [0.5, 0.6) is 0 Å². The van der Waals surface area contributed by atoms with Gasteiger partial charge in [0.2, 0.25) is 0 Å². The summed E-state index contributed by atoms with van der Waals surface area (Å²) < 4.78 is 23.8. The Kier molecular flexibility index (Phi) is 3.28. The number of ether oxygens (including phenoxy) is 1. The Balaban J connectivity index is 2.41. The molecule has 2 N–H and O–H groups in total. The number of nitrogens with one attached hydrogen (secondary N) is 2. The van der Waals surface area contributed by atoms with Crippen molar-refractivity contribution < 1.29 is 13.7 Å². The van der Waals surface area contributed by atoms with E-state index in [1.807, 2.05) is 0 Å². The maximum atomic E-state index is 11.3. The van der Waals surface area contributed by atoms with Gasteiger partial charge in [-0.15, -0.1) is 0 Å². The highest BCUT2D eigenvalue weighted by Crippen LogP contribution is 2.13. The van der Waals surface area contributed by atoms with Gasteiger partial charge in [-0.05, 0) is 27.2 Å². The van der Waals surface area contributed by atoms with Gasteiger partial charge in [-0.25, -0.2) is 9.00 Å². The first-order chi connectivity index (χ1) is 6.68. The summed E-state index contributed by atoms with van der Waals surface area (Å²) in [5, 5.41) is 2.63. The molecular formula is C9H18N2O3S. The Hall–Kier alpha value is -0.780. The molecule has 5 nitrogen and oxygen atoms in total. The standard InChI is InChI=1S/C9H18N2O3S/c1-9(2,3)14-8(12)11-7-4-5-15(10,13)6-7/h7,10H,4-6H2,1-3H3,(H,11,12)/t7-,15?/m1/s1. The van der Waals surface area contributed by atoms with E-state index >= 15 is 0 Å². The summed E-state index contributed by atoms with van der Waals surface area (Å²) in [6.07, 6.45) is 0.103. The van der Waals surface area contributed by atoms with Crippen LogP contribution in [-0.4, -0.2) is 33.5 Å². The fourth-order valence-electron chi connectivity index (χ4n) is 1.41. The largest absolute Gasteiger partial charge is 0.444 e. The predicted octanol–water partition coefficient (Wildman–Crippen LogP) is 1.33. The van der Waals surface area contributed by atoms with E-state index < -0.39 is 21.4 Å². The zero-order valence-corrected chi connectivity index (χ0v) is 10.1. The molecule has 1 heterocycles. The van der Waals surface area contributed by atoms with Crippen LogP contribution in [0.4, 0.5) is 4.79 Å². The summed E-state index contributed by atoms with van der Waals surface area (Å²) in [6, 6.07) is -0.176. The van der Waals surface area contributed by atoms with Crippen molar-refractivity contribution in [2.24, 2.45) is 0 Å². The predicted molar refractivity (Wildman–Crippen MR) is 58.4 cm³/mol. The van der Waals surface area contributed by atoms with E-state index in [4.69, 9.17) is 9.52 Å². The minimum absolute atomic E-state index is 0.176. The summed E-state index contributed by atoms with van der Waals surface area (Å²) in [5.74, 6) is 0.611. The molecule has 0 aliphatic carbocycles. The molecule has 1 amide bonds. The molecule has 1 rings (SSSR count). The summed E-state index contributed by atoms with van der Waals surface area (Å²) in [5.41, 5.74) is -0.523. The maximum absolute atomic E-state index is 11.3. The molecule has 1 aliphatic heterocycles. The van der Waals surface area contributed by atoms with Gasteiger partial charge in [-0.1, -0.05) is 0 Å². The lowest BCUT2D eigenvalue weighted by molar-refractivity contribution is 0.0510. The molecule has 6 heteroatoms. The fourth-order valence-corrected chi connectivity index (χ4v) is 3.14. The Labute approximate surface area is 90.5 Å². The van der Waals surface area contributed by atoms with E-state index in [1.165, 1.54) is 0 Å². The molecule has 0 radical (unpaired) electrons. The van der Waals surface area contributed by atoms with Crippen LogP contribution in [-0.2, 0) is 14.5 Å². The van der Waals surface area contributed by atoms with Gasteiger partial charge in [-0.3, -0.25) is 4.78 Å². The van der Waals surface area contributed by atoms with Crippen LogP contribution in [0.25, 0.3) is 0 Å². The van der Waals surface area contributed by atoms with E-state index in [1.54, 1.807) is 20.8 Å². The van der Waals surface area contributed by atoms with Gasteiger partial charge >= 0.3 is 6.09 Å². The maximum Gasteiger partial charge on any atom is 0.407 e. The van der Waals surface area contributed by atoms with E-state index in [2.05, 4.69) is 5.32 Å². The van der Waals surface area contributed by atoms with Crippen LogP contribution >= 0.6 is 0 Å². The summed E-state index contributed by atoms with van der Waals surface area (Å²) in [7, 11) is -2.46. The third-order valence-electron chi connectivity index (χ3n) is 1.99. The highest BCUT2D eigenvalue weighted by atomic mass is 32.2. The molecule has 1 saturated heterocycles. The molecule has 1 aliphatic rings. The minimum Gasteiger partial charge on any atom is -0.444 e. The number of carbonyl (C=O) groups is 1. The van der Waals surface area contributed by atoms with Crippen LogP contribution in [0, 0.1) is 4.78 Å². The van der Waals surface area contributed by atoms with Gasteiger partial charge in [0.1, 0.15) is 5.60 Å². The average Bonchev–Trinajstić information content (AvgIpc) is 2.25. The van der Waals surface area contributed by atoms with Crippen LogP contribution in [0.2, 0.25) is 0 Å². The third kappa shape index (κ3) is 4.51. The normalized spacial score (nSPS) is 31.3. The van der Waals surface area contributed by atoms with E-state index in [0.717, 1.165) is 0 Å². The first-order valence-corrected chi connectivity index (χ1v) is 6.81. The van der Waals surface area contributed by atoms with Gasteiger partial charge in [-0.2, -0.15) is 0 Å². The Bertz CT molecular complexity index is 343. The number of hydrogen-bond donors (Lipinski definition) is 2. The van der Waals surface area contributed by atoms with Crippen LogP contribution in [0.3, 0.4) is 0 Å². The zero-order valence-electron chi connectivity index (χ0n) is 9.33. The lowest BCUT2D eigenvalue weighted by Crippen LogP contribution is -2.39. The van der Waals surface area contributed by atoms with Gasteiger partial charge < -0.3 is 10.1 Å². The van der Waals surface area contributed by atoms with Crippen molar-refractivity contribution in [3.63, 3.8) is 0 Å². The first kappa shape index (κ1) is 12.3. The molecule has 0 bridgehead atoms. The SMILES string of the molecule is CC(C)(C)OC(=O)N[C@@H]1CCS(=N)(=O)C1. The Morgan fingerprint density at radius 2 is 2.13 bits per heavy atom. The first-order valence-electron chi connectivity index (χ1n) is 4.92. The monoisotopic (exact) mass is 234 g/mol. The van der Waals surface area contributed by atoms with Gasteiger partial charge in [0.05, 0.1) is 5.75 Å². The van der Waals surface area contributed by atoms with E-state index in [-0.39, 0.29) is 11.8 Å². The highest BCUT2D eigenvalue weighted by Gasteiger charge is 2.27. The quantitative estimate of drug-likeness (QED) is 0.718. The van der Waals surface area contributed by atoms with Crippen LogP contribution in [0.1, 0.15) is 27.2 Å². The van der Waals surface area contributed by atoms with Crippen molar-refractivity contribution in [1.29, 1.82) is 4.78 Å². The Morgan fingerprint density at radius 3 is 2.53 bits per heavy atom. The van der Waals surface area contributed by atoms with Gasteiger partial charge in [0, 0.05) is 21.5 Å². The topological polar surface area (TPSA) is 79.2 Å². The zero-order chi connectivity index (χ0) is 11.7. The smallest absolute Gasteiger partial charge is 0.407 e. The average molecular weight is 234 g/mol. The molecule has 0 spiro atoms.